The van der Waals surface area contributed by atoms with E-state index < -0.39 is 0 Å². The molecule has 9 nitrogen and oxygen atoms in total. The summed E-state index contributed by atoms with van der Waals surface area (Å²) < 4.78 is 8.44. The molecule has 0 aliphatic carbocycles. The summed E-state index contributed by atoms with van der Waals surface area (Å²) in [5.41, 5.74) is 1.76. The zero-order valence-electron chi connectivity index (χ0n) is 16.5. The van der Waals surface area contributed by atoms with Crippen LogP contribution in [-0.4, -0.2) is 48.8 Å². The smallest absolute Gasteiger partial charge is 0.235 e. The number of hydrogen-bond acceptors (Lipinski definition) is 7. The number of tetrazole rings is 1. The topological polar surface area (TPSA) is 99.8 Å². The van der Waals surface area contributed by atoms with Crippen LogP contribution in [0.2, 0.25) is 5.02 Å². The molecule has 0 saturated heterocycles. The van der Waals surface area contributed by atoms with E-state index in [-0.39, 0.29) is 11.7 Å². The minimum atomic E-state index is -0.192. The lowest BCUT2D eigenvalue weighted by molar-refractivity contribution is -0.113. The van der Waals surface area contributed by atoms with Gasteiger partial charge in [-0.25, -0.2) is 4.68 Å². The van der Waals surface area contributed by atoms with Gasteiger partial charge in [0.1, 0.15) is 11.6 Å². The molecule has 0 fully saturated rings. The summed E-state index contributed by atoms with van der Waals surface area (Å²) >= 11 is 7.27. The number of amides is 1. The van der Waals surface area contributed by atoms with Gasteiger partial charge in [-0.1, -0.05) is 41.6 Å². The van der Waals surface area contributed by atoms with Crippen LogP contribution in [0.1, 0.15) is 5.56 Å². The molecule has 0 bridgehead atoms. The first-order chi connectivity index (χ1) is 15.1. The maximum Gasteiger partial charge on any atom is 0.235 e. The third-order valence-corrected chi connectivity index (χ3v) is 5.46. The number of rotatable bonds is 8. The SMILES string of the molecule is COc1ccc(Cn2nccc2NC(=O)CSc2nnnn2-c2cccc(Cl)c2)cc1. The van der Waals surface area contributed by atoms with Crippen LogP contribution in [0.4, 0.5) is 5.82 Å². The van der Waals surface area contributed by atoms with Gasteiger partial charge in [-0.05, 0) is 46.3 Å². The molecular formula is C20H18ClN7O2S. The Hall–Kier alpha value is -3.37. The molecule has 0 radical (unpaired) electrons. The molecule has 0 aliphatic heterocycles. The number of nitrogens with zero attached hydrogens (tertiary/aromatic N) is 6. The van der Waals surface area contributed by atoms with Gasteiger partial charge < -0.3 is 10.1 Å². The molecule has 1 amide bonds. The van der Waals surface area contributed by atoms with E-state index in [1.54, 1.807) is 36.2 Å². The summed E-state index contributed by atoms with van der Waals surface area (Å²) in [4.78, 5) is 12.5. The van der Waals surface area contributed by atoms with E-state index in [1.165, 1.54) is 16.4 Å². The molecule has 2 aromatic carbocycles. The predicted octanol–water partition coefficient (Wildman–Crippen LogP) is 3.30. The predicted molar refractivity (Wildman–Crippen MR) is 118 cm³/mol. The summed E-state index contributed by atoms with van der Waals surface area (Å²) in [5, 5.41) is 19.9. The zero-order valence-corrected chi connectivity index (χ0v) is 18.0. The Labute approximate surface area is 187 Å². The molecule has 158 valence electrons. The van der Waals surface area contributed by atoms with Crippen LogP contribution < -0.4 is 10.1 Å². The molecule has 0 spiro atoms. The van der Waals surface area contributed by atoms with Gasteiger partial charge in [-0.15, -0.1) is 5.10 Å². The van der Waals surface area contributed by atoms with Crippen molar-refractivity contribution in [3.63, 3.8) is 0 Å². The van der Waals surface area contributed by atoms with Crippen LogP contribution in [0.25, 0.3) is 5.69 Å². The summed E-state index contributed by atoms with van der Waals surface area (Å²) in [5.74, 6) is 1.34. The Morgan fingerprint density at radius 1 is 1.19 bits per heavy atom. The fourth-order valence-corrected chi connectivity index (χ4v) is 3.69. The number of halogens is 1. The lowest BCUT2D eigenvalue weighted by atomic mass is 10.2. The van der Waals surface area contributed by atoms with E-state index in [0.29, 0.717) is 22.5 Å². The van der Waals surface area contributed by atoms with Crippen molar-refractivity contribution in [3.8, 4) is 11.4 Å². The second-order valence-corrected chi connectivity index (χ2v) is 7.79. The van der Waals surface area contributed by atoms with Crippen LogP contribution in [0.15, 0.2) is 66.0 Å². The number of hydrogen-bond donors (Lipinski definition) is 1. The standard InChI is InChI=1S/C20H18ClN7O2S/c1-30-17-7-5-14(6-8-17)12-27-18(9-10-22-27)23-19(29)13-31-20-24-25-26-28(20)16-4-2-3-15(21)11-16/h2-11H,12-13H2,1H3,(H,23,29). The lowest BCUT2D eigenvalue weighted by Crippen LogP contribution is -2.18. The van der Waals surface area contributed by atoms with E-state index in [1.807, 2.05) is 36.4 Å². The second-order valence-electron chi connectivity index (χ2n) is 6.41. The summed E-state index contributed by atoms with van der Waals surface area (Å²) in [7, 11) is 1.63. The van der Waals surface area contributed by atoms with Crippen molar-refractivity contribution in [2.45, 2.75) is 11.7 Å². The van der Waals surface area contributed by atoms with Crippen molar-refractivity contribution in [3.05, 3.63) is 71.4 Å². The van der Waals surface area contributed by atoms with Gasteiger partial charge in [-0.2, -0.15) is 9.78 Å². The number of benzene rings is 2. The van der Waals surface area contributed by atoms with Crippen molar-refractivity contribution in [2.24, 2.45) is 0 Å². The highest BCUT2D eigenvalue weighted by Crippen LogP contribution is 2.21. The normalized spacial score (nSPS) is 10.8. The Morgan fingerprint density at radius 2 is 2.03 bits per heavy atom. The van der Waals surface area contributed by atoms with E-state index >= 15 is 0 Å². The van der Waals surface area contributed by atoms with Gasteiger partial charge in [0.15, 0.2) is 0 Å². The second kappa shape index (κ2) is 9.63. The van der Waals surface area contributed by atoms with Crippen LogP contribution in [0.3, 0.4) is 0 Å². The maximum absolute atomic E-state index is 12.5. The van der Waals surface area contributed by atoms with Crippen LogP contribution >= 0.6 is 23.4 Å². The maximum atomic E-state index is 12.5. The monoisotopic (exact) mass is 455 g/mol. The highest BCUT2D eigenvalue weighted by Gasteiger charge is 2.13. The van der Waals surface area contributed by atoms with E-state index in [4.69, 9.17) is 16.3 Å². The van der Waals surface area contributed by atoms with Gasteiger partial charge in [-0.3, -0.25) is 4.79 Å². The number of thioether (sulfide) groups is 1. The first-order valence-corrected chi connectivity index (χ1v) is 10.6. The molecule has 0 unspecified atom stereocenters. The molecule has 1 N–H and O–H groups in total. The Kier molecular flexibility index (Phi) is 6.48. The quantitative estimate of drug-likeness (QED) is 0.407. The summed E-state index contributed by atoms with van der Waals surface area (Å²) in [6.45, 7) is 0.521. The molecule has 4 aromatic rings. The average Bonchev–Trinajstić information content (AvgIpc) is 3.42. The fourth-order valence-electron chi connectivity index (χ4n) is 2.82. The van der Waals surface area contributed by atoms with Crippen molar-refractivity contribution in [1.29, 1.82) is 0 Å². The summed E-state index contributed by atoms with van der Waals surface area (Å²) in [6, 6.07) is 16.6. The van der Waals surface area contributed by atoms with E-state index in [2.05, 4.69) is 25.9 Å². The highest BCUT2D eigenvalue weighted by atomic mass is 35.5. The lowest BCUT2D eigenvalue weighted by Gasteiger charge is -2.10. The summed E-state index contributed by atoms with van der Waals surface area (Å²) in [6.07, 6.45) is 1.64. The minimum absolute atomic E-state index is 0.134. The first kappa shape index (κ1) is 20.9. The van der Waals surface area contributed by atoms with Crippen molar-refractivity contribution in [2.75, 3.05) is 18.2 Å². The van der Waals surface area contributed by atoms with Gasteiger partial charge in [0.25, 0.3) is 0 Å². The third-order valence-electron chi connectivity index (χ3n) is 4.30. The van der Waals surface area contributed by atoms with Crippen LogP contribution in [0.5, 0.6) is 5.75 Å². The van der Waals surface area contributed by atoms with Gasteiger partial charge in [0.2, 0.25) is 11.1 Å². The number of aromatic nitrogens is 6. The number of nitrogens with one attached hydrogen (secondary N) is 1. The molecule has 31 heavy (non-hydrogen) atoms. The van der Waals surface area contributed by atoms with Crippen molar-refractivity contribution in [1.82, 2.24) is 30.0 Å². The molecule has 11 heteroatoms. The van der Waals surface area contributed by atoms with Gasteiger partial charge in [0, 0.05) is 11.1 Å². The van der Waals surface area contributed by atoms with Crippen molar-refractivity contribution < 1.29 is 9.53 Å². The molecule has 2 aromatic heterocycles. The largest absolute Gasteiger partial charge is 0.497 e. The van der Waals surface area contributed by atoms with E-state index in [9.17, 15) is 4.79 Å². The first-order valence-electron chi connectivity index (χ1n) is 9.24. The number of anilines is 1. The number of ether oxygens (including phenoxy) is 1. The number of carbonyl (C=O) groups excluding carboxylic acids is 1. The van der Waals surface area contributed by atoms with Crippen molar-refractivity contribution >= 4 is 35.1 Å². The Balaban J connectivity index is 1.37. The fraction of sp³-hybridized carbons (Fsp3) is 0.150. The molecule has 0 atom stereocenters. The number of carbonyl (C=O) groups is 1. The highest BCUT2D eigenvalue weighted by molar-refractivity contribution is 7.99. The molecule has 4 rings (SSSR count). The Bertz CT molecular complexity index is 1180. The third kappa shape index (κ3) is 5.22. The molecule has 0 aliphatic rings. The van der Waals surface area contributed by atoms with Gasteiger partial charge >= 0.3 is 0 Å². The van der Waals surface area contributed by atoms with E-state index in [0.717, 1.165) is 17.0 Å². The van der Waals surface area contributed by atoms with Crippen LogP contribution in [-0.2, 0) is 11.3 Å². The number of methoxy groups -OCH3 is 1. The van der Waals surface area contributed by atoms with Crippen LogP contribution in [0, 0.1) is 0 Å². The Morgan fingerprint density at radius 3 is 2.81 bits per heavy atom. The zero-order chi connectivity index (χ0) is 21.6. The average molecular weight is 456 g/mol. The molecule has 2 heterocycles. The molecular weight excluding hydrogens is 438 g/mol. The molecule has 0 saturated carbocycles. The minimum Gasteiger partial charge on any atom is -0.497 e. The van der Waals surface area contributed by atoms with Gasteiger partial charge in [0.05, 0.1) is 31.3 Å².